The van der Waals surface area contributed by atoms with E-state index in [1.54, 1.807) is 26.8 Å². The van der Waals surface area contributed by atoms with Crippen molar-refractivity contribution in [2.45, 2.75) is 103 Å². The molecule has 2 unspecified atom stereocenters. The van der Waals surface area contributed by atoms with Crippen molar-refractivity contribution in [2.75, 3.05) is 6.61 Å². The first-order chi connectivity index (χ1) is 14.2. The summed E-state index contributed by atoms with van der Waals surface area (Å²) < 4.78 is 0. The zero-order valence-electron chi connectivity index (χ0n) is 18.9. The standard InChI is InChI=1S/C24H39NO4S/c1-5-6-7-8-9-10-11-12-13-14-15-19-16-17-21(30-19)22(27)20(18-26)25(23(28)29)24(2,3)4/h16-17,20,22,26-27H,5-13,18H2,1-4H3,(H,28,29)/p-1. The number of nitrogens with zero attached hydrogens (tertiary/aromatic N) is 1. The lowest BCUT2D eigenvalue weighted by atomic mass is 10.00. The van der Waals surface area contributed by atoms with Crippen molar-refractivity contribution in [3.8, 4) is 11.8 Å². The van der Waals surface area contributed by atoms with Crippen molar-refractivity contribution in [3.63, 3.8) is 0 Å². The van der Waals surface area contributed by atoms with Crippen LogP contribution in [0.2, 0.25) is 0 Å². The number of carboxylic acid groups (broad SMARTS) is 1. The topological polar surface area (TPSA) is 83.8 Å². The zero-order chi connectivity index (χ0) is 22.6. The van der Waals surface area contributed by atoms with Crippen molar-refractivity contribution in [2.24, 2.45) is 0 Å². The van der Waals surface area contributed by atoms with E-state index in [4.69, 9.17) is 0 Å². The van der Waals surface area contributed by atoms with Crippen LogP contribution in [-0.4, -0.2) is 39.4 Å². The molecule has 0 saturated carbocycles. The fraction of sp³-hybridized carbons (Fsp3) is 0.708. The molecule has 0 fully saturated rings. The van der Waals surface area contributed by atoms with E-state index in [-0.39, 0.29) is 0 Å². The van der Waals surface area contributed by atoms with Crippen LogP contribution in [0.1, 0.15) is 101 Å². The van der Waals surface area contributed by atoms with Gasteiger partial charge in [-0.25, -0.2) is 0 Å². The van der Waals surface area contributed by atoms with Gasteiger partial charge in [-0.05, 0) is 39.3 Å². The Morgan fingerprint density at radius 1 is 1.13 bits per heavy atom. The third kappa shape index (κ3) is 9.07. The van der Waals surface area contributed by atoms with E-state index in [9.17, 15) is 20.1 Å². The quantitative estimate of drug-likeness (QED) is 0.374. The summed E-state index contributed by atoms with van der Waals surface area (Å²) in [5.41, 5.74) is -0.802. The summed E-state index contributed by atoms with van der Waals surface area (Å²) >= 11 is 1.33. The molecule has 5 nitrogen and oxygen atoms in total. The highest BCUT2D eigenvalue weighted by Gasteiger charge is 2.34. The molecule has 0 spiro atoms. The van der Waals surface area contributed by atoms with Gasteiger partial charge in [-0.3, -0.25) is 0 Å². The van der Waals surface area contributed by atoms with Gasteiger partial charge in [0.1, 0.15) is 12.2 Å². The highest BCUT2D eigenvalue weighted by molar-refractivity contribution is 7.12. The summed E-state index contributed by atoms with van der Waals surface area (Å²) in [6.45, 7) is 6.84. The molecule has 170 valence electrons. The molecule has 0 aliphatic rings. The Balaban J connectivity index is 2.56. The van der Waals surface area contributed by atoms with Gasteiger partial charge in [0.25, 0.3) is 0 Å². The zero-order valence-corrected chi connectivity index (χ0v) is 19.8. The first kappa shape index (κ1) is 26.5. The van der Waals surface area contributed by atoms with Gasteiger partial charge >= 0.3 is 0 Å². The Kier molecular flexibility index (Phi) is 12.1. The third-order valence-corrected chi connectivity index (χ3v) is 6.16. The second-order valence-corrected chi connectivity index (χ2v) is 9.85. The molecule has 0 bridgehead atoms. The molecule has 2 N–H and O–H groups in total. The number of hydrogen-bond acceptors (Lipinski definition) is 5. The van der Waals surface area contributed by atoms with Gasteiger partial charge in [0.05, 0.1) is 17.5 Å². The highest BCUT2D eigenvalue weighted by atomic mass is 32.1. The maximum absolute atomic E-state index is 11.6. The number of amides is 1. The van der Waals surface area contributed by atoms with Crippen LogP contribution in [0.3, 0.4) is 0 Å². The molecule has 0 aromatic carbocycles. The van der Waals surface area contributed by atoms with Crippen LogP contribution in [0.5, 0.6) is 0 Å². The minimum Gasteiger partial charge on any atom is -0.530 e. The predicted octanol–water partition coefficient (Wildman–Crippen LogP) is 4.47. The maximum atomic E-state index is 11.6. The molecule has 1 rings (SSSR count). The first-order valence-corrected chi connectivity index (χ1v) is 11.9. The van der Waals surface area contributed by atoms with Crippen molar-refractivity contribution in [1.82, 2.24) is 4.90 Å². The minimum absolute atomic E-state index is 0.496. The number of thiophene rings is 1. The lowest BCUT2D eigenvalue weighted by molar-refractivity contribution is -0.276. The van der Waals surface area contributed by atoms with Crippen LogP contribution in [0, 0.1) is 11.8 Å². The molecule has 1 heterocycles. The predicted molar refractivity (Wildman–Crippen MR) is 121 cm³/mol. The van der Waals surface area contributed by atoms with Crippen LogP contribution >= 0.6 is 11.3 Å². The van der Waals surface area contributed by atoms with E-state index in [0.29, 0.717) is 4.88 Å². The minimum atomic E-state index is -1.41. The van der Waals surface area contributed by atoms with E-state index in [2.05, 4.69) is 18.8 Å². The van der Waals surface area contributed by atoms with Gasteiger partial charge in [0.2, 0.25) is 0 Å². The Labute approximate surface area is 186 Å². The molecule has 0 saturated heterocycles. The molecule has 1 aromatic heterocycles. The number of hydrogen-bond donors (Lipinski definition) is 2. The number of carbonyl (C=O) groups is 1. The number of unbranched alkanes of at least 4 members (excludes halogenated alkanes) is 8. The summed E-state index contributed by atoms with van der Waals surface area (Å²) in [6.07, 6.45) is 8.48. The smallest absolute Gasteiger partial charge is 0.137 e. The van der Waals surface area contributed by atoms with Crippen molar-refractivity contribution in [3.05, 3.63) is 21.9 Å². The third-order valence-electron chi connectivity index (χ3n) is 5.09. The lowest BCUT2D eigenvalue weighted by Crippen LogP contribution is -2.59. The second kappa shape index (κ2) is 13.7. The molecular formula is C24H38NO4S-. The first-order valence-electron chi connectivity index (χ1n) is 11.1. The average Bonchev–Trinajstić information content (AvgIpc) is 3.14. The SMILES string of the molecule is CCCCCCCCCCC#Cc1ccc(C(O)C(CO)N(C(=O)[O-])C(C)(C)C)s1. The Bertz CT molecular complexity index is 683. The van der Waals surface area contributed by atoms with E-state index >= 15 is 0 Å². The number of rotatable bonds is 12. The van der Waals surface area contributed by atoms with E-state index in [0.717, 1.165) is 22.6 Å². The monoisotopic (exact) mass is 436 g/mol. The number of aliphatic hydroxyl groups excluding tert-OH is 2. The Morgan fingerprint density at radius 3 is 2.27 bits per heavy atom. The van der Waals surface area contributed by atoms with Gasteiger partial charge in [-0.2, -0.15) is 0 Å². The van der Waals surface area contributed by atoms with E-state index in [1.807, 2.05) is 6.07 Å². The van der Waals surface area contributed by atoms with Crippen molar-refractivity contribution in [1.29, 1.82) is 0 Å². The van der Waals surface area contributed by atoms with E-state index < -0.39 is 30.4 Å². The van der Waals surface area contributed by atoms with Crippen LogP contribution in [-0.2, 0) is 0 Å². The Morgan fingerprint density at radius 2 is 1.73 bits per heavy atom. The van der Waals surface area contributed by atoms with Gasteiger partial charge in [0, 0.05) is 16.8 Å². The summed E-state index contributed by atoms with van der Waals surface area (Å²) in [5.74, 6) is 6.32. The lowest BCUT2D eigenvalue weighted by Gasteiger charge is -2.44. The fourth-order valence-corrected chi connectivity index (χ4v) is 4.42. The summed E-state index contributed by atoms with van der Waals surface area (Å²) in [4.78, 5) is 14.0. The van der Waals surface area contributed by atoms with Crippen LogP contribution in [0.25, 0.3) is 0 Å². The van der Waals surface area contributed by atoms with Gasteiger partial charge in [-0.15, -0.1) is 11.3 Å². The molecule has 6 heteroatoms. The molecular weight excluding hydrogens is 398 g/mol. The van der Waals surface area contributed by atoms with E-state index in [1.165, 1.54) is 56.3 Å². The maximum Gasteiger partial charge on any atom is 0.137 e. The highest BCUT2D eigenvalue weighted by Crippen LogP contribution is 2.30. The molecule has 0 radical (unpaired) electrons. The summed E-state index contributed by atoms with van der Waals surface area (Å²) in [7, 11) is 0. The largest absolute Gasteiger partial charge is 0.530 e. The normalized spacial score (nSPS) is 13.4. The van der Waals surface area contributed by atoms with Gasteiger partial charge in [0.15, 0.2) is 0 Å². The number of carbonyl (C=O) groups excluding carboxylic acids is 1. The molecule has 0 aliphatic carbocycles. The molecule has 1 amide bonds. The summed E-state index contributed by atoms with van der Waals surface area (Å²) in [6, 6.07) is 2.58. The average molecular weight is 437 g/mol. The fourth-order valence-electron chi connectivity index (χ4n) is 3.49. The van der Waals surface area contributed by atoms with Gasteiger partial charge < -0.3 is 25.0 Å². The second-order valence-electron chi connectivity index (χ2n) is 8.73. The van der Waals surface area contributed by atoms with Gasteiger partial charge in [-0.1, -0.05) is 63.7 Å². The van der Waals surface area contributed by atoms with Crippen molar-refractivity contribution >= 4 is 17.4 Å². The van der Waals surface area contributed by atoms with Crippen molar-refractivity contribution < 1.29 is 20.1 Å². The Hall–Kier alpha value is -1.55. The molecule has 1 aromatic rings. The van der Waals surface area contributed by atoms with Crippen LogP contribution in [0.15, 0.2) is 12.1 Å². The van der Waals surface area contributed by atoms with Crippen LogP contribution in [0.4, 0.5) is 4.79 Å². The van der Waals surface area contributed by atoms with Crippen LogP contribution < -0.4 is 5.11 Å². The molecule has 0 aliphatic heterocycles. The molecule has 2 atom stereocenters. The summed E-state index contributed by atoms with van der Waals surface area (Å²) in [5, 5.41) is 32.0. The molecule has 30 heavy (non-hydrogen) atoms. The number of aliphatic hydroxyl groups is 2.